The van der Waals surface area contributed by atoms with Gasteiger partial charge >= 0.3 is 0 Å². The van der Waals surface area contributed by atoms with E-state index in [9.17, 15) is 4.79 Å². The summed E-state index contributed by atoms with van der Waals surface area (Å²) in [7, 11) is 5.94. The number of anilines is 1. The molecule has 0 saturated carbocycles. The van der Waals surface area contributed by atoms with E-state index in [0.717, 1.165) is 60.5 Å². The summed E-state index contributed by atoms with van der Waals surface area (Å²) in [6.45, 7) is 8.50. The molecule has 0 aliphatic carbocycles. The number of hydrogen-bond donors (Lipinski definition) is 2. The monoisotopic (exact) mass is 455 g/mol. The lowest BCUT2D eigenvalue weighted by Gasteiger charge is -2.36. The van der Waals surface area contributed by atoms with Gasteiger partial charge in [-0.25, -0.2) is 4.98 Å². The molecule has 0 amide bonds. The molecule has 0 radical (unpaired) electrons. The molecule has 2 N–H and O–H groups in total. The minimum Gasteiger partial charge on any atom is -0.371 e. The van der Waals surface area contributed by atoms with E-state index in [4.69, 9.17) is 4.98 Å². The number of H-pyrrole nitrogens is 1. The Morgan fingerprint density at radius 2 is 2.06 bits per heavy atom. The summed E-state index contributed by atoms with van der Waals surface area (Å²) < 4.78 is 3.55. The van der Waals surface area contributed by atoms with E-state index in [1.807, 2.05) is 25.9 Å². The summed E-state index contributed by atoms with van der Waals surface area (Å²) in [6, 6.07) is 7.02. The lowest BCUT2D eigenvalue weighted by atomic mass is 10.0. The number of hydrogen-bond acceptors (Lipinski definition) is 6. The number of nitrogens with zero attached hydrogens (tertiary/aromatic N) is 3. The second-order valence-corrected chi connectivity index (χ2v) is 9.69. The highest BCUT2D eigenvalue weighted by Crippen LogP contribution is 2.31. The predicted octanol–water partition coefficient (Wildman–Crippen LogP) is 4.57. The van der Waals surface area contributed by atoms with Crippen molar-refractivity contribution in [1.82, 2.24) is 19.6 Å². The van der Waals surface area contributed by atoms with Gasteiger partial charge in [0.05, 0.1) is 5.69 Å². The van der Waals surface area contributed by atoms with Crippen LogP contribution in [0.15, 0.2) is 34.0 Å². The third kappa shape index (κ3) is 5.63. The topological polar surface area (TPSA) is 64.3 Å². The van der Waals surface area contributed by atoms with Gasteiger partial charge in [-0.05, 0) is 62.0 Å². The van der Waals surface area contributed by atoms with Crippen molar-refractivity contribution >= 4 is 23.2 Å². The Morgan fingerprint density at radius 3 is 2.66 bits per heavy atom. The van der Waals surface area contributed by atoms with Gasteiger partial charge in [-0.3, -0.25) is 9.52 Å². The van der Waals surface area contributed by atoms with Crippen molar-refractivity contribution in [2.45, 2.75) is 57.4 Å². The lowest BCUT2D eigenvalue weighted by Crippen LogP contribution is -2.54. The minimum atomic E-state index is -0.0958. The van der Waals surface area contributed by atoms with E-state index in [2.05, 4.69) is 59.8 Å². The van der Waals surface area contributed by atoms with Gasteiger partial charge in [0.1, 0.15) is 11.5 Å². The largest absolute Gasteiger partial charge is 0.371 e. The first-order valence-corrected chi connectivity index (χ1v) is 12.4. The van der Waals surface area contributed by atoms with Crippen LogP contribution in [0.1, 0.15) is 51.3 Å². The van der Waals surface area contributed by atoms with E-state index in [1.165, 1.54) is 5.56 Å². The molecule has 1 aliphatic heterocycles. The molecule has 0 spiro atoms. The number of benzene rings is 1. The molecule has 1 aromatic heterocycles. The Morgan fingerprint density at radius 1 is 1.31 bits per heavy atom. The Bertz CT molecular complexity index is 1010. The van der Waals surface area contributed by atoms with Crippen LogP contribution in [0.5, 0.6) is 0 Å². The Labute approximate surface area is 196 Å². The van der Waals surface area contributed by atoms with Crippen LogP contribution in [0, 0.1) is 0 Å². The van der Waals surface area contributed by atoms with E-state index in [1.54, 1.807) is 11.9 Å². The Hall–Kier alpha value is -2.09. The predicted molar refractivity (Wildman–Crippen MR) is 137 cm³/mol. The van der Waals surface area contributed by atoms with Crippen LogP contribution in [0.25, 0.3) is 17.0 Å². The maximum Gasteiger partial charge on any atom is 0.275 e. The number of allylic oxidation sites excluding steroid dienone is 2. The summed E-state index contributed by atoms with van der Waals surface area (Å²) in [5, 5.41) is 0. The Balaban J connectivity index is 2.05. The van der Waals surface area contributed by atoms with Gasteiger partial charge in [-0.1, -0.05) is 38.8 Å². The molecule has 7 heteroatoms. The zero-order valence-electron chi connectivity index (χ0n) is 20.3. The molecule has 32 heavy (non-hydrogen) atoms. The summed E-state index contributed by atoms with van der Waals surface area (Å²) >= 11 is 1.66. The van der Waals surface area contributed by atoms with Crippen molar-refractivity contribution in [3.63, 3.8) is 0 Å². The molecule has 6 nitrogen and oxygen atoms in total. The van der Waals surface area contributed by atoms with Gasteiger partial charge in [-0.15, -0.1) is 0 Å². The van der Waals surface area contributed by atoms with Crippen LogP contribution in [0.2, 0.25) is 0 Å². The maximum atomic E-state index is 13.2. The third-order valence-electron chi connectivity index (χ3n) is 5.78. The van der Waals surface area contributed by atoms with E-state index >= 15 is 0 Å². The fraction of sp³-hybridized carbons (Fsp3) is 0.520. The highest BCUT2D eigenvalue weighted by molar-refractivity contribution is 7.97. The van der Waals surface area contributed by atoms with Crippen LogP contribution >= 0.6 is 11.9 Å². The molecule has 0 unspecified atom stereocenters. The normalized spacial score (nSPS) is 15.1. The number of aromatic amines is 1. The highest BCUT2D eigenvalue weighted by atomic mass is 32.2. The first-order chi connectivity index (χ1) is 15.4. The number of likely N-dealkylation sites (N-methyl/N-ethyl adjacent to an activating group) is 1. The van der Waals surface area contributed by atoms with Crippen molar-refractivity contribution in [3.05, 3.63) is 45.9 Å². The zero-order chi connectivity index (χ0) is 23.3. The molecule has 0 atom stereocenters. The van der Waals surface area contributed by atoms with Gasteiger partial charge in [-0.2, -0.15) is 0 Å². The van der Waals surface area contributed by atoms with Gasteiger partial charge in [0.2, 0.25) is 0 Å². The smallest absolute Gasteiger partial charge is 0.275 e. The summed E-state index contributed by atoms with van der Waals surface area (Å²) in [6.07, 6.45) is 5.97. The molecule has 1 fully saturated rings. The van der Waals surface area contributed by atoms with Crippen molar-refractivity contribution in [2.24, 2.45) is 0 Å². The minimum absolute atomic E-state index is 0.0958. The summed E-state index contributed by atoms with van der Waals surface area (Å²) in [4.78, 5) is 26.6. The van der Waals surface area contributed by atoms with Crippen molar-refractivity contribution in [2.75, 3.05) is 39.1 Å². The van der Waals surface area contributed by atoms with Crippen LogP contribution < -0.4 is 15.2 Å². The average Bonchev–Trinajstić information content (AvgIpc) is 2.74. The molecule has 1 aromatic carbocycles. The SMILES string of the molecule is CC=C(CCC)c1nc(-c2cc(SNC3CN(C)C3)ccc2CCC)[nH]c(=O)c1N(C)C. The number of aryl methyl sites for hydroxylation is 1. The standard InChI is InChI=1S/C25H37N5OS/c1-7-10-17(9-3)22-23(29(4)5)25(31)27-24(26-22)21-14-20(13-12-18(21)11-8-2)32-28-19-15-30(6)16-19/h9,12-14,19,28H,7-8,10-11,15-16H2,1-6H3,(H,26,27,31). The fourth-order valence-electron chi connectivity index (χ4n) is 4.15. The number of rotatable bonds is 10. The molecular weight excluding hydrogens is 418 g/mol. The Kier molecular flexibility index (Phi) is 8.57. The number of aromatic nitrogens is 2. The molecule has 3 rings (SSSR count). The van der Waals surface area contributed by atoms with Crippen molar-refractivity contribution in [3.8, 4) is 11.4 Å². The number of likely N-dealkylation sites (tertiary alicyclic amines) is 1. The highest BCUT2D eigenvalue weighted by Gasteiger charge is 2.23. The van der Waals surface area contributed by atoms with Gasteiger partial charge < -0.3 is 14.8 Å². The van der Waals surface area contributed by atoms with Gasteiger partial charge in [0.25, 0.3) is 5.56 Å². The van der Waals surface area contributed by atoms with Crippen molar-refractivity contribution < 1.29 is 0 Å². The molecule has 174 valence electrons. The van der Waals surface area contributed by atoms with E-state index in [0.29, 0.717) is 17.6 Å². The summed E-state index contributed by atoms with van der Waals surface area (Å²) in [5.41, 5.74) is 4.65. The first kappa shape index (κ1) is 24.6. The molecular formula is C25H37N5OS. The van der Waals surface area contributed by atoms with Crippen LogP contribution in [-0.2, 0) is 6.42 Å². The van der Waals surface area contributed by atoms with Crippen LogP contribution in [0.3, 0.4) is 0 Å². The van der Waals surface area contributed by atoms with Crippen LogP contribution in [0.4, 0.5) is 5.69 Å². The van der Waals surface area contributed by atoms with Crippen molar-refractivity contribution in [1.29, 1.82) is 0 Å². The van der Waals surface area contributed by atoms with Crippen LogP contribution in [-0.4, -0.2) is 55.1 Å². The molecule has 2 aromatic rings. The first-order valence-electron chi connectivity index (χ1n) is 11.6. The molecule has 1 saturated heterocycles. The summed E-state index contributed by atoms with van der Waals surface area (Å²) in [5.74, 6) is 0.653. The second-order valence-electron chi connectivity index (χ2n) is 8.78. The quantitative estimate of drug-likeness (QED) is 0.512. The lowest BCUT2D eigenvalue weighted by molar-refractivity contribution is 0.182. The molecule has 0 bridgehead atoms. The zero-order valence-corrected chi connectivity index (χ0v) is 21.1. The maximum absolute atomic E-state index is 13.2. The average molecular weight is 456 g/mol. The molecule has 1 aliphatic rings. The third-order valence-corrected chi connectivity index (χ3v) is 6.72. The molecule has 2 heterocycles. The van der Waals surface area contributed by atoms with Gasteiger partial charge in [0, 0.05) is 43.7 Å². The van der Waals surface area contributed by atoms with E-state index in [-0.39, 0.29) is 5.56 Å². The second kappa shape index (κ2) is 11.2. The number of nitrogens with one attached hydrogen (secondary N) is 2. The van der Waals surface area contributed by atoms with E-state index < -0.39 is 0 Å². The van der Waals surface area contributed by atoms with Gasteiger partial charge in [0.15, 0.2) is 0 Å². The fourth-order valence-corrected chi connectivity index (χ4v) is 4.92.